The van der Waals surface area contributed by atoms with E-state index in [0.29, 0.717) is 11.1 Å². The molecule has 9 nitrogen and oxygen atoms in total. The maximum Gasteiger partial charge on any atom is 1.00 e. The Morgan fingerprint density at radius 2 is 1.52 bits per heavy atom. The van der Waals surface area contributed by atoms with Gasteiger partial charge < -0.3 is 31.4 Å². The number of aromatic amines is 2. The zero-order valence-corrected chi connectivity index (χ0v) is 25.9. The first-order valence-corrected chi connectivity index (χ1v) is 9.71. The summed E-state index contributed by atoms with van der Waals surface area (Å²) in [5.41, 5.74) is 1.75. The molecule has 33 heavy (non-hydrogen) atoms. The zero-order valence-electron chi connectivity index (χ0n) is 19.1. The van der Waals surface area contributed by atoms with Gasteiger partial charge in [-0.3, -0.25) is 4.79 Å². The molecular weight excluding hydrogens is 546 g/mol. The number of nitrogens with zero attached hydrogens (tertiary/aromatic N) is 2. The largest absolute Gasteiger partial charge is 1.00 e. The number of nitrogens with one attached hydrogen (secondary N) is 2. The van der Waals surface area contributed by atoms with E-state index in [9.17, 15) is 5.11 Å². The number of H-pyrrole nitrogens is 2. The van der Waals surface area contributed by atoms with E-state index in [2.05, 4.69) is 30.8 Å². The molecule has 3 N–H and O–H groups in total. The molecule has 0 amide bonds. The van der Waals surface area contributed by atoms with Gasteiger partial charge in [-0.1, -0.05) is 40.2 Å². The summed E-state index contributed by atoms with van der Waals surface area (Å²) in [6.07, 6.45) is 3.66. The van der Waals surface area contributed by atoms with Crippen molar-refractivity contribution < 1.29 is 129 Å². The smallest absolute Gasteiger partial charge is 1.00 e. The molecule has 0 radical (unpaired) electrons. The van der Waals surface area contributed by atoms with E-state index >= 15 is 0 Å². The molecule has 0 aliphatic rings. The van der Waals surface area contributed by atoms with Crippen molar-refractivity contribution in [3.63, 3.8) is 0 Å². The van der Waals surface area contributed by atoms with Crippen LogP contribution in [0.25, 0.3) is 21.8 Å². The second kappa shape index (κ2) is 21.8. The van der Waals surface area contributed by atoms with Crippen molar-refractivity contribution in [2.24, 2.45) is 0 Å². The Labute approximate surface area is 285 Å². The number of aromatic nitrogens is 2. The monoisotopic (exact) mass is 564 g/mol. The minimum absolute atomic E-state index is 0. The number of ether oxygens (including phenoxy) is 1. The number of fused-ring (bicyclic) bond motifs is 2. The number of alkyl halides is 1. The average Bonchev–Trinajstić information content (AvgIpc) is 3.49. The molecule has 162 valence electrons. The van der Waals surface area contributed by atoms with Gasteiger partial charge in [0.1, 0.15) is 17.6 Å². The number of halogens is 1. The maximum absolute atomic E-state index is 9.23. The standard InChI is InChI=1S/C10H8N2O.C8H7NO.C2H2BrN.CH2O3.2K.H/c11-5-7-13-9-3-1-2-8-4-6-12-10(8)9;10-7-3-1-2-6-4-5-9-8(6)7;3-1-2-4;2-1-4-3;;;/h1-4,6,12H,7H2;1-5,9-10H;1H2;1,3H;;;/q;;;;2*+1;-1/p-1. The summed E-state index contributed by atoms with van der Waals surface area (Å²) in [6.45, 7) is -0.0991. The first kappa shape index (κ1) is 34.5. The Morgan fingerprint density at radius 1 is 1.00 bits per heavy atom. The molecule has 0 unspecified atom stereocenters. The summed E-state index contributed by atoms with van der Waals surface area (Å²) in [6, 6.07) is 18.9. The van der Waals surface area contributed by atoms with Gasteiger partial charge in [-0.05, 0) is 24.3 Å². The first-order chi connectivity index (χ1) is 15.1. The predicted octanol–water partition coefficient (Wildman–Crippen LogP) is -2.60. The molecule has 0 saturated carbocycles. The minimum atomic E-state index is -0.181. The van der Waals surface area contributed by atoms with Gasteiger partial charge in [-0.15, -0.1) is 0 Å². The van der Waals surface area contributed by atoms with Crippen molar-refractivity contribution in [3.05, 3.63) is 60.9 Å². The Balaban J connectivity index is -0.000000411. The van der Waals surface area contributed by atoms with Gasteiger partial charge in [-0.2, -0.15) is 10.5 Å². The van der Waals surface area contributed by atoms with Crippen molar-refractivity contribution >= 4 is 44.2 Å². The number of benzene rings is 2. The van der Waals surface area contributed by atoms with Crippen LogP contribution >= 0.6 is 15.9 Å². The van der Waals surface area contributed by atoms with E-state index in [1.54, 1.807) is 6.07 Å². The molecular formula is C21H19BrK2N4O5. The number of hydrogen-bond acceptors (Lipinski definition) is 7. The summed E-state index contributed by atoms with van der Waals surface area (Å²) in [5, 5.41) is 36.2. The quantitative estimate of drug-likeness (QED) is 0.0809. The molecule has 2 aromatic heterocycles. The van der Waals surface area contributed by atoms with Crippen LogP contribution in [0.3, 0.4) is 0 Å². The third-order valence-corrected chi connectivity index (χ3v) is 3.76. The third kappa shape index (κ3) is 13.1. The van der Waals surface area contributed by atoms with E-state index in [1.165, 1.54) is 0 Å². The molecule has 4 rings (SSSR count). The van der Waals surface area contributed by atoms with Gasteiger partial charge in [0.15, 0.2) is 6.61 Å². The molecule has 12 heteroatoms. The number of aromatic hydroxyl groups is 1. The minimum Gasteiger partial charge on any atom is -1.00 e. The second-order valence-corrected chi connectivity index (χ2v) is 5.91. The number of para-hydroxylation sites is 2. The molecule has 0 fully saturated rings. The number of phenols is 1. The first-order valence-electron chi connectivity index (χ1n) is 8.59. The zero-order chi connectivity index (χ0) is 22.9. The fraction of sp³-hybridized carbons (Fsp3) is 0.0952. The van der Waals surface area contributed by atoms with Gasteiger partial charge in [0.25, 0.3) is 6.47 Å². The van der Waals surface area contributed by atoms with Crippen molar-refractivity contribution in [2.45, 2.75) is 0 Å². The van der Waals surface area contributed by atoms with Crippen molar-refractivity contribution in [2.75, 3.05) is 11.9 Å². The Kier molecular flexibility index (Phi) is 22.7. The van der Waals surface area contributed by atoms with E-state index in [0.717, 1.165) is 27.6 Å². The number of rotatable bonds is 3. The SMILES string of the molecule is N#CCBr.N#CCOc1cccc2cc[nH]c12.O=CO[O-].Oc1cccc2cc[nH]c12.[H-].[K+].[K+]. The third-order valence-electron chi connectivity index (χ3n) is 3.51. The molecule has 0 aliphatic carbocycles. The van der Waals surface area contributed by atoms with Crippen molar-refractivity contribution in [1.29, 1.82) is 10.5 Å². The number of carbonyl (C=O) groups is 1. The fourth-order valence-electron chi connectivity index (χ4n) is 2.35. The van der Waals surface area contributed by atoms with Crippen LogP contribution in [-0.4, -0.2) is 33.5 Å². The van der Waals surface area contributed by atoms with Crippen LogP contribution in [0.15, 0.2) is 60.9 Å². The molecule has 2 aromatic carbocycles. The average molecular weight is 566 g/mol. The topological polar surface area (TPSA) is 158 Å². The molecule has 4 aromatic rings. The Bertz CT molecular complexity index is 1160. The van der Waals surface area contributed by atoms with E-state index in [4.69, 9.17) is 25.3 Å². The van der Waals surface area contributed by atoms with Crippen LogP contribution < -0.4 is 113 Å². The summed E-state index contributed by atoms with van der Waals surface area (Å²) < 4.78 is 5.23. The summed E-state index contributed by atoms with van der Waals surface area (Å²) in [7, 11) is 0. The Hall–Kier alpha value is -0.717. The Morgan fingerprint density at radius 3 is 2.00 bits per heavy atom. The van der Waals surface area contributed by atoms with E-state index < -0.39 is 0 Å². The summed E-state index contributed by atoms with van der Waals surface area (Å²) >= 11 is 2.89. The van der Waals surface area contributed by atoms with Gasteiger partial charge in [0.2, 0.25) is 0 Å². The van der Waals surface area contributed by atoms with Crippen LogP contribution in [-0.2, 0) is 9.68 Å². The molecule has 2 heterocycles. The van der Waals surface area contributed by atoms with Crippen LogP contribution in [0.5, 0.6) is 11.5 Å². The molecule has 0 bridgehead atoms. The molecule has 0 spiro atoms. The van der Waals surface area contributed by atoms with Crippen molar-refractivity contribution in [3.8, 4) is 23.6 Å². The molecule has 0 saturated heterocycles. The van der Waals surface area contributed by atoms with Crippen LogP contribution in [0.4, 0.5) is 0 Å². The summed E-state index contributed by atoms with van der Waals surface area (Å²) in [4.78, 5) is 17.3. The number of nitriles is 2. The summed E-state index contributed by atoms with van der Waals surface area (Å²) in [5.74, 6) is 1.03. The van der Waals surface area contributed by atoms with Gasteiger partial charge in [0, 0.05) is 23.2 Å². The van der Waals surface area contributed by atoms with Gasteiger partial charge in [0.05, 0.1) is 22.4 Å². The number of carbonyl (C=O) groups excluding carboxylic acids is 1. The van der Waals surface area contributed by atoms with E-state index in [1.807, 2.05) is 67.0 Å². The molecule has 0 aliphatic heterocycles. The van der Waals surface area contributed by atoms with Crippen LogP contribution in [0.2, 0.25) is 0 Å². The predicted molar refractivity (Wildman–Crippen MR) is 117 cm³/mol. The number of phenolic OH excluding ortho intramolecular Hbond substituents is 1. The normalized spacial score (nSPS) is 8.24. The van der Waals surface area contributed by atoms with Gasteiger partial charge >= 0.3 is 103 Å². The van der Waals surface area contributed by atoms with Gasteiger partial charge in [-0.25, -0.2) is 0 Å². The van der Waals surface area contributed by atoms with E-state index in [-0.39, 0.29) is 117 Å². The van der Waals surface area contributed by atoms with Crippen LogP contribution in [0, 0.1) is 22.7 Å². The second-order valence-electron chi connectivity index (χ2n) is 5.35. The van der Waals surface area contributed by atoms with Crippen LogP contribution in [0.1, 0.15) is 1.43 Å². The van der Waals surface area contributed by atoms with Crippen molar-refractivity contribution in [1.82, 2.24) is 9.97 Å². The fourth-order valence-corrected chi connectivity index (χ4v) is 2.35. The molecule has 0 atom stereocenters. The number of hydrogen-bond donors (Lipinski definition) is 3. The maximum atomic E-state index is 9.23.